The number of para-hydroxylation sites is 1. The van der Waals surface area contributed by atoms with E-state index in [2.05, 4.69) is 20.5 Å². The number of hydrogen-bond donors (Lipinski definition) is 5. The van der Waals surface area contributed by atoms with Crippen LogP contribution in [-0.2, 0) is 14.4 Å². The third-order valence-corrected chi connectivity index (χ3v) is 5.36. The van der Waals surface area contributed by atoms with Gasteiger partial charge in [-0.25, -0.2) is 4.79 Å². The van der Waals surface area contributed by atoms with Gasteiger partial charge in [0.05, 0.1) is 16.8 Å². The second kappa shape index (κ2) is 9.25. The maximum atomic E-state index is 12.8. The maximum absolute atomic E-state index is 12.8. The molecule has 2 aromatic rings. The highest BCUT2D eigenvalue weighted by Gasteiger charge is 2.32. The molecule has 31 heavy (non-hydrogen) atoms. The predicted molar refractivity (Wildman–Crippen MR) is 112 cm³/mol. The molecule has 1 fully saturated rings. The quantitative estimate of drug-likeness (QED) is 0.279. The van der Waals surface area contributed by atoms with Gasteiger partial charge in [0, 0.05) is 37.8 Å². The van der Waals surface area contributed by atoms with Gasteiger partial charge in [-0.2, -0.15) is 0 Å². The molecule has 1 aromatic carbocycles. The Kier molecular flexibility index (Phi) is 6.68. The maximum Gasteiger partial charge on any atom is 0.334 e. The summed E-state index contributed by atoms with van der Waals surface area (Å²) in [6, 6.07) is 3.42. The number of anilines is 1. The van der Waals surface area contributed by atoms with Gasteiger partial charge in [0.1, 0.15) is 6.04 Å². The Balaban J connectivity index is 1.82. The highest BCUT2D eigenvalue weighted by molar-refractivity contribution is 6.45. The zero-order valence-electron chi connectivity index (χ0n) is 17.2. The number of aliphatic hydroxyl groups excluding tert-OH is 1. The van der Waals surface area contributed by atoms with Gasteiger partial charge in [-0.1, -0.05) is 12.1 Å². The summed E-state index contributed by atoms with van der Waals surface area (Å²) in [6.07, 6.45) is -0.524. The van der Waals surface area contributed by atoms with Gasteiger partial charge in [0.15, 0.2) is 6.10 Å². The summed E-state index contributed by atoms with van der Waals surface area (Å²) in [5, 5.41) is 24.1. The van der Waals surface area contributed by atoms with E-state index in [1.807, 2.05) is 7.05 Å². The fourth-order valence-electron chi connectivity index (χ4n) is 3.50. The summed E-state index contributed by atoms with van der Waals surface area (Å²) < 4.78 is 0. The molecule has 1 aromatic heterocycles. The van der Waals surface area contributed by atoms with Gasteiger partial charge in [0.2, 0.25) is 5.91 Å². The first-order valence-corrected chi connectivity index (χ1v) is 9.75. The van der Waals surface area contributed by atoms with Crippen LogP contribution in [0.5, 0.6) is 0 Å². The zero-order valence-corrected chi connectivity index (χ0v) is 17.2. The van der Waals surface area contributed by atoms with E-state index in [-0.39, 0.29) is 11.3 Å². The predicted octanol–water partition coefficient (Wildman–Crippen LogP) is -0.903. The molecule has 11 heteroatoms. The van der Waals surface area contributed by atoms with Gasteiger partial charge in [-0.05, 0) is 20.2 Å². The SMILES string of the molecule is CNC(C(=O)Nc1cccc2c(C(=O)C(=O)N3CCN(C)CC3)c[nH]c12)C(O)C(=O)O. The molecule has 1 saturated heterocycles. The summed E-state index contributed by atoms with van der Waals surface area (Å²) in [4.78, 5) is 55.5. The molecular weight excluding hydrogens is 406 g/mol. The Morgan fingerprint density at radius 1 is 1.13 bits per heavy atom. The molecule has 2 unspecified atom stereocenters. The van der Waals surface area contributed by atoms with E-state index in [0.717, 1.165) is 0 Å². The van der Waals surface area contributed by atoms with Gasteiger partial charge in [-0.15, -0.1) is 0 Å². The van der Waals surface area contributed by atoms with Crippen molar-refractivity contribution in [1.29, 1.82) is 0 Å². The third-order valence-electron chi connectivity index (χ3n) is 5.36. The summed E-state index contributed by atoms with van der Waals surface area (Å²) in [7, 11) is 3.31. The van der Waals surface area contributed by atoms with Gasteiger partial charge >= 0.3 is 5.97 Å². The minimum absolute atomic E-state index is 0.186. The summed E-state index contributed by atoms with van der Waals surface area (Å²) in [6.45, 7) is 2.33. The number of aliphatic hydroxyl groups is 1. The number of aromatic amines is 1. The molecule has 1 aliphatic heterocycles. The van der Waals surface area contributed by atoms with Crippen LogP contribution in [0, 0.1) is 0 Å². The number of aromatic nitrogens is 1. The molecule has 0 bridgehead atoms. The van der Waals surface area contributed by atoms with Crippen LogP contribution in [0.1, 0.15) is 10.4 Å². The van der Waals surface area contributed by atoms with E-state index < -0.39 is 35.7 Å². The molecule has 1 aliphatic rings. The first-order chi connectivity index (χ1) is 14.7. The average Bonchev–Trinajstić information content (AvgIpc) is 3.18. The molecule has 166 valence electrons. The molecule has 2 atom stereocenters. The molecule has 0 spiro atoms. The Morgan fingerprint density at radius 2 is 1.81 bits per heavy atom. The number of Topliss-reactive ketones (excluding diaryl/α,β-unsaturated/α-hetero) is 1. The number of carbonyl (C=O) groups excluding carboxylic acids is 3. The lowest BCUT2D eigenvalue weighted by Crippen LogP contribution is -2.50. The van der Waals surface area contributed by atoms with Crippen LogP contribution in [-0.4, -0.2) is 101 Å². The van der Waals surface area contributed by atoms with Crippen LogP contribution >= 0.6 is 0 Å². The first-order valence-electron chi connectivity index (χ1n) is 9.75. The van der Waals surface area contributed by atoms with Gasteiger partial charge in [0.25, 0.3) is 11.7 Å². The Labute approximate surface area is 178 Å². The first kappa shape index (κ1) is 22.4. The van der Waals surface area contributed by atoms with Crippen LogP contribution in [0.3, 0.4) is 0 Å². The van der Waals surface area contributed by atoms with E-state index in [1.54, 1.807) is 18.2 Å². The van der Waals surface area contributed by atoms with Crippen molar-refractivity contribution in [3.8, 4) is 0 Å². The van der Waals surface area contributed by atoms with Gasteiger partial charge in [-0.3, -0.25) is 14.4 Å². The summed E-state index contributed by atoms with van der Waals surface area (Å²) in [5.41, 5.74) is 0.877. The van der Waals surface area contributed by atoms with Crippen LogP contribution in [0.25, 0.3) is 10.9 Å². The number of nitrogens with one attached hydrogen (secondary N) is 3. The normalized spacial score (nSPS) is 16.7. The minimum atomic E-state index is -1.94. The number of H-pyrrole nitrogens is 1. The average molecular weight is 431 g/mol. The number of likely N-dealkylation sites (N-methyl/N-ethyl adjacent to an activating group) is 2. The Bertz CT molecular complexity index is 1010. The van der Waals surface area contributed by atoms with Crippen molar-refractivity contribution in [2.45, 2.75) is 12.1 Å². The molecular formula is C20H25N5O6. The zero-order chi connectivity index (χ0) is 22.7. The molecule has 5 N–H and O–H groups in total. The number of piperazine rings is 1. The monoisotopic (exact) mass is 431 g/mol. The van der Waals surface area contributed by atoms with Crippen molar-refractivity contribution in [3.63, 3.8) is 0 Å². The molecule has 0 saturated carbocycles. The van der Waals surface area contributed by atoms with E-state index in [9.17, 15) is 24.3 Å². The number of fused-ring (bicyclic) bond motifs is 1. The smallest absolute Gasteiger partial charge is 0.334 e. The molecule has 2 amide bonds. The van der Waals surface area contributed by atoms with Crippen LogP contribution in [0.2, 0.25) is 0 Å². The highest BCUT2D eigenvalue weighted by Crippen LogP contribution is 2.26. The van der Waals surface area contributed by atoms with Crippen molar-refractivity contribution >= 4 is 40.2 Å². The molecule has 11 nitrogen and oxygen atoms in total. The number of carboxylic acids is 1. The van der Waals surface area contributed by atoms with Crippen molar-refractivity contribution < 1.29 is 29.4 Å². The van der Waals surface area contributed by atoms with Crippen molar-refractivity contribution in [2.24, 2.45) is 0 Å². The van der Waals surface area contributed by atoms with E-state index in [4.69, 9.17) is 5.11 Å². The van der Waals surface area contributed by atoms with E-state index >= 15 is 0 Å². The lowest BCUT2D eigenvalue weighted by atomic mass is 10.1. The minimum Gasteiger partial charge on any atom is -0.479 e. The summed E-state index contributed by atoms with van der Waals surface area (Å²) in [5.74, 6) is -3.53. The number of benzene rings is 1. The largest absolute Gasteiger partial charge is 0.479 e. The van der Waals surface area contributed by atoms with Crippen molar-refractivity contribution in [3.05, 3.63) is 30.0 Å². The number of carboxylic acid groups (broad SMARTS) is 1. The molecule has 0 aliphatic carbocycles. The number of nitrogens with zero attached hydrogens (tertiary/aromatic N) is 2. The Morgan fingerprint density at radius 3 is 2.42 bits per heavy atom. The third kappa shape index (κ3) is 4.58. The Hall–Kier alpha value is -3.28. The van der Waals surface area contributed by atoms with Crippen LogP contribution in [0.4, 0.5) is 5.69 Å². The van der Waals surface area contributed by atoms with E-state index in [1.165, 1.54) is 18.1 Å². The molecule has 3 rings (SSSR count). The number of ketones is 1. The standard InChI is InChI=1S/C20H25N5O6/c1-21-15(17(27)20(30)31)18(28)23-13-5-3-4-11-12(10-22-14(11)13)16(26)19(29)25-8-6-24(2)7-9-25/h3-5,10,15,17,21-22,27H,6-9H2,1-2H3,(H,23,28)(H,30,31). The van der Waals surface area contributed by atoms with Gasteiger partial charge < -0.3 is 35.6 Å². The lowest BCUT2D eigenvalue weighted by molar-refractivity contribution is -0.150. The highest BCUT2D eigenvalue weighted by atomic mass is 16.4. The topological polar surface area (TPSA) is 155 Å². The second-order valence-corrected chi connectivity index (χ2v) is 7.39. The summed E-state index contributed by atoms with van der Waals surface area (Å²) >= 11 is 0. The van der Waals surface area contributed by atoms with Crippen LogP contribution in [0.15, 0.2) is 24.4 Å². The lowest BCUT2D eigenvalue weighted by Gasteiger charge is -2.31. The number of rotatable bonds is 7. The number of hydrogen-bond acceptors (Lipinski definition) is 7. The van der Waals surface area contributed by atoms with Crippen molar-refractivity contribution in [2.75, 3.05) is 45.6 Å². The van der Waals surface area contributed by atoms with Crippen molar-refractivity contribution in [1.82, 2.24) is 20.1 Å². The molecule has 2 heterocycles. The van der Waals surface area contributed by atoms with Crippen LogP contribution < -0.4 is 10.6 Å². The number of amides is 2. The second-order valence-electron chi connectivity index (χ2n) is 7.39. The van der Waals surface area contributed by atoms with E-state index in [0.29, 0.717) is 37.1 Å². The fourth-order valence-corrected chi connectivity index (χ4v) is 3.50. The molecule has 0 radical (unpaired) electrons. The fraction of sp³-hybridized carbons (Fsp3) is 0.400. The number of aliphatic carboxylic acids is 1. The number of carbonyl (C=O) groups is 4.